The van der Waals surface area contributed by atoms with Crippen LogP contribution in [0.5, 0.6) is 0 Å². The molecule has 0 aromatic rings. The SMILES string of the molecule is O=[N+]([O-])C(CCC(O)S(=O)(=O)O)CCC(O)S(=O)(=O)O.[Na]. The maximum atomic E-state index is 10.6. The predicted octanol–water partition coefficient (Wildman–Crippen LogP) is -1.78. The zero-order valence-corrected chi connectivity index (χ0v) is 14.7. The van der Waals surface area contributed by atoms with Gasteiger partial charge < -0.3 is 10.2 Å². The monoisotopic (exact) mass is 360 g/mol. The summed E-state index contributed by atoms with van der Waals surface area (Å²) >= 11 is 0. The van der Waals surface area contributed by atoms with Gasteiger partial charge in [-0.25, -0.2) is 0 Å². The van der Waals surface area contributed by atoms with E-state index in [2.05, 4.69) is 0 Å². The van der Waals surface area contributed by atoms with Crippen molar-refractivity contribution in [2.24, 2.45) is 0 Å². The Morgan fingerprint density at radius 1 is 0.857 bits per heavy atom. The molecule has 14 heteroatoms. The van der Waals surface area contributed by atoms with Crippen molar-refractivity contribution in [2.45, 2.75) is 42.6 Å². The Morgan fingerprint density at radius 3 is 1.33 bits per heavy atom. The summed E-state index contributed by atoms with van der Waals surface area (Å²) in [5.74, 6) is 0. The minimum Gasteiger partial charge on any atom is -0.375 e. The van der Waals surface area contributed by atoms with Gasteiger partial charge in [0.2, 0.25) is 6.04 Å². The normalized spacial score (nSPS) is 16.6. The van der Waals surface area contributed by atoms with Gasteiger partial charge in [-0.05, 0) is 12.8 Å². The Balaban J connectivity index is 0. The van der Waals surface area contributed by atoms with Crippen LogP contribution in [0, 0.1) is 10.1 Å². The van der Waals surface area contributed by atoms with E-state index in [1.807, 2.05) is 0 Å². The zero-order valence-electron chi connectivity index (χ0n) is 11.1. The van der Waals surface area contributed by atoms with E-state index in [4.69, 9.17) is 19.3 Å². The molecule has 0 bridgehead atoms. The minimum atomic E-state index is -4.73. The molecule has 0 amide bonds. The standard InChI is InChI=1S/C7H15NO10S2.Na/c9-6(19(13,14)15)3-1-5(8(11)12)2-4-7(10)20(16,17)18;/h5-7,9-10H,1-4H2,(H,13,14,15)(H,16,17,18);. The molecular formula is C7H15NNaO10S2. The fraction of sp³-hybridized carbons (Fsp3) is 1.00. The first kappa shape index (κ1) is 23.4. The summed E-state index contributed by atoms with van der Waals surface area (Å²) in [4.78, 5) is 9.80. The molecule has 0 aliphatic carbocycles. The van der Waals surface area contributed by atoms with Gasteiger partial charge in [0.1, 0.15) is 0 Å². The smallest absolute Gasteiger partial charge is 0.291 e. The summed E-state index contributed by atoms with van der Waals surface area (Å²) in [6.07, 6.45) is -2.20. The molecule has 0 rings (SSSR count). The van der Waals surface area contributed by atoms with Crippen LogP contribution < -0.4 is 0 Å². The summed E-state index contributed by atoms with van der Waals surface area (Å²) < 4.78 is 58.9. The van der Waals surface area contributed by atoms with Crippen LogP contribution in [0.2, 0.25) is 0 Å². The number of rotatable bonds is 9. The summed E-state index contributed by atoms with van der Waals surface area (Å²) in [5.41, 5.74) is -4.37. The third kappa shape index (κ3) is 9.70. The van der Waals surface area contributed by atoms with Crippen LogP contribution >= 0.6 is 0 Å². The van der Waals surface area contributed by atoms with Crippen molar-refractivity contribution in [3.63, 3.8) is 0 Å². The second-order valence-corrected chi connectivity index (χ2v) is 7.18. The summed E-state index contributed by atoms with van der Waals surface area (Å²) in [6, 6.07) is -1.44. The van der Waals surface area contributed by atoms with Gasteiger partial charge in [0.25, 0.3) is 20.2 Å². The Hall–Kier alpha value is 0.140. The van der Waals surface area contributed by atoms with Crippen LogP contribution in [-0.2, 0) is 20.2 Å². The Kier molecular flexibility index (Phi) is 10.4. The quantitative estimate of drug-likeness (QED) is 0.158. The predicted molar refractivity (Wildman–Crippen MR) is 70.1 cm³/mol. The van der Waals surface area contributed by atoms with Gasteiger partial charge in [-0.15, -0.1) is 0 Å². The van der Waals surface area contributed by atoms with Gasteiger partial charge in [0.15, 0.2) is 10.9 Å². The first-order valence-electron chi connectivity index (χ1n) is 5.28. The minimum absolute atomic E-state index is 0. The molecule has 0 aliphatic rings. The van der Waals surface area contributed by atoms with E-state index >= 15 is 0 Å². The Morgan fingerprint density at radius 2 is 1.14 bits per heavy atom. The Labute approximate surface area is 143 Å². The summed E-state index contributed by atoms with van der Waals surface area (Å²) in [6.45, 7) is 0. The van der Waals surface area contributed by atoms with E-state index in [0.29, 0.717) is 0 Å². The zero-order chi connectivity index (χ0) is 16.1. The molecule has 0 heterocycles. The van der Waals surface area contributed by atoms with E-state index in [1.54, 1.807) is 0 Å². The van der Waals surface area contributed by atoms with Crippen molar-refractivity contribution in [2.75, 3.05) is 0 Å². The molecule has 11 nitrogen and oxygen atoms in total. The first-order chi connectivity index (χ1) is 8.85. The van der Waals surface area contributed by atoms with E-state index < -0.39 is 67.8 Å². The second kappa shape index (κ2) is 9.32. The molecular weight excluding hydrogens is 345 g/mol. The molecule has 0 spiro atoms. The van der Waals surface area contributed by atoms with Crippen molar-refractivity contribution < 1.29 is 41.1 Å². The van der Waals surface area contributed by atoms with E-state index in [1.165, 1.54) is 0 Å². The molecule has 2 atom stereocenters. The number of aliphatic hydroxyl groups is 2. The fourth-order valence-electron chi connectivity index (χ4n) is 1.32. The van der Waals surface area contributed by atoms with Gasteiger partial charge >= 0.3 is 0 Å². The van der Waals surface area contributed by atoms with Crippen LogP contribution in [0.25, 0.3) is 0 Å². The molecule has 21 heavy (non-hydrogen) atoms. The van der Waals surface area contributed by atoms with Gasteiger partial charge in [0, 0.05) is 47.3 Å². The molecule has 0 saturated heterocycles. The largest absolute Gasteiger partial charge is 0.375 e. The molecule has 0 aromatic carbocycles. The van der Waals surface area contributed by atoms with Crippen LogP contribution in [0.3, 0.4) is 0 Å². The number of hydrogen-bond donors (Lipinski definition) is 4. The number of hydrogen-bond acceptors (Lipinski definition) is 8. The molecule has 121 valence electrons. The Bertz CT molecular complexity index is 490. The summed E-state index contributed by atoms with van der Waals surface area (Å²) in [7, 11) is -9.46. The average Bonchev–Trinajstić information content (AvgIpc) is 2.24. The molecule has 2 unspecified atom stereocenters. The van der Waals surface area contributed by atoms with E-state index in [0.717, 1.165) is 0 Å². The molecule has 1 radical (unpaired) electrons. The van der Waals surface area contributed by atoms with Crippen LogP contribution in [0.1, 0.15) is 25.7 Å². The van der Waals surface area contributed by atoms with Crippen molar-refractivity contribution in [1.29, 1.82) is 0 Å². The van der Waals surface area contributed by atoms with Crippen LogP contribution in [-0.4, -0.2) is 87.5 Å². The molecule has 0 fully saturated rings. The molecule has 0 aliphatic heterocycles. The second-order valence-electron chi connectivity index (χ2n) is 4.03. The maximum Gasteiger partial charge on any atom is 0.291 e. The maximum absolute atomic E-state index is 10.6. The molecule has 0 saturated carbocycles. The van der Waals surface area contributed by atoms with Crippen molar-refractivity contribution >= 4 is 49.8 Å². The fourth-order valence-corrected chi connectivity index (χ4v) is 2.19. The number of nitrogens with zero attached hydrogens (tertiary/aromatic N) is 1. The van der Waals surface area contributed by atoms with Crippen molar-refractivity contribution in [3.8, 4) is 0 Å². The summed E-state index contributed by atoms with van der Waals surface area (Å²) in [5, 5.41) is 28.6. The van der Waals surface area contributed by atoms with E-state index in [9.17, 15) is 26.9 Å². The number of aliphatic hydroxyl groups excluding tert-OH is 2. The first-order valence-corrected chi connectivity index (χ1v) is 8.28. The third-order valence-corrected chi connectivity index (χ3v) is 4.33. The topological polar surface area (TPSA) is 192 Å². The van der Waals surface area contributed by atoms with Gasteiger partial charge in [-0.1, -0.05) is 0 Å². The molecule has 0 aromatic heterocycles. The number of nitro groups is 1. The average molecular weight is 360 g/mol. The van der Waals surface area contributed by atoms with Gasteiger partial charge in [0.05, 0.1) is 0 Å². The van der Waals surface area contributed by atoms with Gasteiger partial charge in [-0.3, -0.25) is 19.2 Å². The van der Waals surface area contributed by atoms with Crippen molar-refractivity contribution in [3.05, 3.63) is 10.1 Å². The van der Waals surface area contributed by atoms with Crippen LogP contribution in [0.4, 0.5) is 0 Å². The molecule has 4 N–H and O–H groups in total. The van der Waals surface area contributed by atoms with Crippen LogP contribution in [0.15, 0.2) is 0 Å². The van der Waals surface area contributed by atoms with Crippen molar-refractivity contribution in [1.82, 2.24) is 0 Å². The van der Waals surface area contributed by atoms with E-state index in [-0.39, 0.29) is 29.6 Å². The third-order valence-electron chi connectivity index (χ3n) is 2.48. The van der Waals surface area contributed by atoms with Gasteiger partial charge in [-0.2, -0.15) is 16.8 Å².